The quantitative estimate of drug-likeness (QED) is 0.522. The van der Waals surface area contributed by atoms with Crippen molar-refractivity contribution in [2.75, 3.05) is 13.4 Å². The first kappa shape index (κ1) is 14.9. The zero-order valence-corrected chi connectivity index (χ0v) is 10.9. The van der Waals surface area contributed by atoms with E-state index in [1.807, 2.05) is 6.92 Å². The zero-order chi connectivity index (χ0) is 11.5. The normalized spacial score (nSPS) is 25.6. The van der Waals surface area contributed by atoms with Crippen LogP contribution in [0.25, 0.3) is 0 Å². The van der Waals surface area contributed by atoms with E-state index in [0.29, 0.717) is 12.9 Å². The lowest BCUT2D eigenvalue weighted by atomic mass is 9.89. The van der Waals surface area contributed by atoms with Crippen molar-refractivity contribution in [1.82, 2.24) is 0 Å². The van der Waals surface area contributed by atoms with E-state index in [4.69, 9.17) is 9.47 Å². The van der Waals surface area contributed by atoms with E-state index >= 15 is 0 Å². The maximum atomic E-state index is 5.57. The van der Waals surface area contributed by atoms with Gasteiger partial charge in [0.05, 0.1) is 6.10 Å². The molecule has 2 atom stereocenters. The predicted molar refractivity (Wildman–Crippen MR) is 65.0 cm³/mol. The van der Waals surface area contributed by atoms with Crippen molar-refractivity contribution in [3.63, 3.8) is 0 Å². The molecule has 1 aliphatic carbocycles. The van der Waals surface area contributed by atoms with E-state index in [-0.39, 0.29) is 0 Å². The molecule has 2 nitrogen and oxygen atoms in total. The molecule has 0 heterocycles. The minimum atomic E-state index is 0.459. The van der Waals surface area contributed by atoms with Crippen LogP contribution in [0, 0.1) is 5.92 Å². The van der Waals surface area contributed by atoms with Gasteiger partial charge in [-0.3, -0.25) is 0 Å². The van der Waals surface area contributed by atoms with Gasteiger partial charge in [-0.25, -0.2) is 0 Å². The van der Waals surface area contributed by atoms with Gasteiger partial charge in [-0.1, -0.05) is 40.0 Å². The lowest BCUT2D eigenvalue weighted by Gasteiger charge is -2.26. The minimum absolute atomic E-state index is 0.459. The Morgan fingerprint density at radius 1 is 1.13 bits per heavy atom. The Bertz CT molecular complexity index is 126. The van der Waals surface area contributed by atoms with Crippen molar-refractivity contribution in [2.45, 2.75) is 65.9 Å². The molecule has 1 saturated carbocycles. The summed E-state index contributed by atoms with van der Waals surface area (Å²) < 4.78 is 10.7. The summed E-state index contributed by atoms with van der Waals surface area (Å²) in [7, 11) is 0. The smallest absolute Gasteiger partial charge is 0.147 e. The molecule has 0 amide bonds. The average Bonchev–Trinajstić information content (AvgIpc) is 2.19. The summed E-state index contributed by atoms with van der Waals surface area (Å²) in [5.41, 5.74) is 0. The Kier molecular flexibility index (Phi) is 10.4. The monoisotopic (exact) mass is 216 g/mol. The van der Waals surface area contributed by atoms with Gasteiger partial charge in [-0.05, 0) is 25.7 Å². The lowest BCUT2D eigenvalue weighted by Crippen LogP contribution is -2.22. The van der Waals surface area contributed by atoms with Gasteiger partial charge in [-0.2, -0.15) is 0 Å². The summed E-state index contributed by atoms with van der Waals surface area (Å²) in [6.07, 6.45) is 6.83. The van der Waals surface area contributed by atoms with Gasteiger partial charge in [-0.15, -0.1) is 0 Å². The molecule has 0 saturated heterocycles. The van der Waals surface area contributed by atoms with Gasteiger partial charge in [0, 0.05) is 6.61 Å². The standard InChI is InChI=1S/C10H20O2.C3H8/c1-3-11-8-12-10-6-4-5-9(2)7-10;1-3-2/h9-10H,3-8H2,1-2H3;3H2,1-2H3/t9-,10+;/m1./s1. The van der Waals surface area contributed by atoms with Crippen LogP contribution < -0.4 is 0 Å². The van der Waals surface area contributed by atoms with Crippen molar-refractivity contribution in [3.05, 3.63) is 0 Å². The van der Waals surface area contributed by atoms with E-state index in [1.54, 1.807) is 0 Å². The van der Waals surface area contributed by atoms with Crippen molar-refractivity contribution >= 4 is 0 Å². The molecule has 0 spiro atoms. The first-order valence-corrected chi connectivity index (χ1v) is 6.43. The van der Waals surface area contributed by atoms with E-state index < -0.39 is 0 Å². The highest BCUT2D eigenvalue weighted by molar-refractivity contribution is 4.69. The second-order valence-electron chi connectivity index (χ2n) is 4.38. The van der Waals surface area contributed by atoms with Crippen LogP contribution in [-0.2, 0) is 9.47 Å². The molecule has 1 rings (SSSR count). The van der Waals surface area contributed by atoms with Gasteiger partial charge >= 0.3 is 0 Å². The molecule has 0 aromatic carbocycles. The fourth-order valence-corrected chi connectivity index (χ4v) is 1.76. The van der Waals surface area contributed by atoms with Crippen LogP contribution in [0.2, 0.25) is 0 Å². The number of rotatable bonds is 4. The third-order valence-electron chi connectivity index (χ3n) is 2.48. The SMILES string of the molecule is CCC.CCOCO[C@H]1CCC[C@@H](C)C1. The van der Waals surface area contributed by atoms with Crippen molar-refractivity contribution in [1.29, 1.82) is 0 Å². The molecule has 0 N–H and O–H groups in total. The van der Waals surface area contributed by atoms with Crippen molar-refractivity contribution in [2.24, 2.45) is 5.92 Å². The minimum Gasteiger partial charge on any atom is -0.356 e. The molecular formula is C13H28O2. The predicted octanol–water partition coefficient (Wildman–Crippen LogP) is 3.99. The fraction of sp³-hybridized carbons (Fsp3) is 1.00. The van der Waals surface area contributed by atoms with Crippen LogP contribution in [-0.4, -0.2) is 19.5 Å². The molecular weight excluding hydrogens is 188 g/mol. The molecule has 92 valence electrons. The number of hydrogen-bond donors (Lipinski definition) is 0. The summed E-state index contributed by atoms with van der Waals surface area (Å²) in [4.78, 5) is 0. The first-order valence-electron chi connectivity index (χ1n) is 6.43. The summed E-state index contributed by atoms with van der Waals surface area (Å²) >= 11 is 0. The van der Waals surface area contributed by atoms with Crippen molar-refractivity contribution < 1.29 is 9.47 Å². The van der Waals surface area contributed by atoms with Gasteiger partial charge in [0.25, 0.3) is 0 Å². The highest BCUT2D eigenvalue weighted by atomic mass is 16.7. The Balaban J connectivity index is 0.000000583. The molecule has 15 heavy (non-hydrogen) atoms. The van der Waals surface area contributed by atoms with Gasteiger partial charge < -0.3 is 9.47 Å². The fourth-order valence-electron chi connectivity index (χ4n) is 1.76. The largest absolute Gasteiger partial charge is 0.356 e. The van der Waals surface area contributed by atoms with Gasteiger partial charge in [0.1, 0.15) is 6.79 Å². The molecule has 1 fully saturated rings. The number of hydrogen-bond acceptors (Lipinski definition) is 2. The Labute approximate surface area is 95.3 Å². The molecule has 0 aromatic rings. The van der Waals surface area contributed by atoms with Crippen LogP contribution >= 0.6 is 0 Å². The zero-order valence-electron chi connectivity index (χ0n) is 10.9. The topological polar surface area (TPSA) is 18.5 Å². The maximum absolute atomic E-state index is 5.57. The highest BCUT2D eigenvalue weighted by Crippen LogP contribution is 2.25. The molecule has 0 bridgehead atoms. The second-order valence-corrected chi connectivity index (χ2v) is 4.38. The third-order valence-corrected chi connectivity index (χ3v) is 2.48. The van der Waals surface area contributed by atoms with Crippen LogP contribution in [0.5, 0.6) is 0 Å². The van der Waals surface area contributed by atoms with Gasteiger partial charge in [0.15, 0.2) is 0 Å². The first-order chi connectivity index (χ1) is 7.24. The molecule has 0 radical (unpaired) electrons. The molecule has 0 unspecified atom stereocenters. The van der Waals surface area contributed by atoms with E-state index in [0.717, 1.165) is 12.5 Å². The number of ether oxygens (including phenoxy) is 2. The van der Waals surface area contributed by atoms with E-state index in [2.05, 4.69) is 20.8 Å². The summed E-state index contributed by atoms with van der Waals surface area (Å²) in [6, 6.07) is 0. The lowest BCUT2D eigenvalue weighted by molar-refractivity contribution is -0.0997. The molecule has 0 aromatic heterocycles. The Morgan fingerprint density at radius 3 is 2.33 bits per heavy atom. The van der Waals surface area contributed by atoms with Crippen LogP contribution in [0.15, 0.2) is 0 Å². The summed E-state index contributed by atoms with van der Waals surface area (Å²) in [5, 5.41) is 0. The molecule has 2 heteroatoms. The highest BCUT2D eigenvalue weighted by Gasteiger charge is 2.18. The molecule has 0 aliphatic heterocycles. The second kappa shape index (κ2) is 10.4. The average molecular weight is 216 g/mol. The summed E-state index contributed by atoms with van der Waals surface area (Å²) in [5.74, 6) is 0.838. The van der Waals surface area contributed by atoms with Crippen LogP contribution in [0.4, 0.5) is 0 Å². The van der Waals surface area contributed by atoms with Gasteiger partial charge in [0.2, 0.25) is 0 Å². The Hall–Kier alpha value is -0.0800. The maximum Gasteiger partial charge on any atom is 0.147 e. The Morgan fingerprint density at radius 2 is 1.80 bits per heavy atom. The molecule has 1 aliphatic rings. The third kappa shape index (κ3) is 8.88. The van der Waals surface area contributed by atoms with E-state index in [9.17, 15) is 0 Å². The van der Waals surface area contributed by atoms with E-state index in [1.165, 1.54) is 32.1 Å². The summed E-state index contributed by atoms with van der Waals surface area (Å²) in [6.45, 7) is 9.78. The van der Waals surface area contributed by atoms with Crippen LogP contribution in [0.1, 0.15) is 59.8 Å². The van der Waals surface area contributed by atoms with Crippen molar-refractivity contribution in [3.8, 4) is 0 Å². The van der Waals surface area contributed by atoms with Crippen LogP contribution in [0.3, 0.4) is 0 Å².